The van der Waals surface area contributed by atoms with Crippen LogP contribution in [-0.2, 0) is 10.0 Å². The third kappa shape index (κ3) is 2.96. The van der Waals surface area contributed by atoms with E-state index in [-0.39, 0.29) is 8.55 Å². The summed E-state index contributed by atoms with van der Waals surface area (Å²) in [7, 11) is -3.83. The van der Waals surface area contributed by atoms with Crippen molar-refractivity contribution >= 4 is 38.6 Å². The van der Waals surface area contributed by atoms with Crippen LogP contribution in [0, 0.1) is 10.1 Å². The molecule has 1 aromatic rings. The number of sulfonamides is 1. The molecule has 0 spiro atoms. The fourth-order valence-electron chi connectivity index (χ4n) is 2.11. The van der Waals surface area contributed by atoms with Crippen molar-refractivity contribution < 1.29 is 13.3 Å². The Morgan fingerprint density at radius 1 is 1.45 bits per heavy atom. The molecule has 0 amide bonds. The van der Waals surface area contributed by atoms with E-state index < -0.39 is 26.8 Å². The Morgan fingerprint density at radius 3 is 2.75 bits per heavy atom. The Bertz CT molecular complexity index is 616. The predicted molar refractivity (Wildman–Crippen MR) is 76.3 cm³/mol. The van der Waals surface area contributed by atoms with Crippen molar-refractivity contribution in [3.05, 3.63) is 20.5 Å². The van der Waals surface area contributed by atoms with E-state index in [1.165, 1.54) is 4.31 Å². The van der Waals surface area contributed by atoms with Gasteiger partial charge in [0.1, 0.15) is 4.21 Å². The first kappa shape index (κ1) is 15.6. The zero-order valence-electron chi connectivity index (χ0n) is 10.5. The van der Waals surface area contributed by atoms with E-state index in [1.54, 1.807) is 0 Å². The van der Waals surface area contributed by atoms with Crippen LogP contribution in [0.3, 0.4) is 0 Å². The second-order valence-corrected chi connectivity index (χ2v) is 8.29. The number of nitrogens with two attached hydrogens (primary N) is 1. The molecule has 7 nitrogen and oxygen atoms in total. The Hall–Kier alpha value is -0.740. The summed E-state index contributed by atoms with van der Waals surface area (Å²) in [5, 5.41) is 10.8. The van der Waals surface area contributed by atoms with E-state index in [0.717, 1.165) is 25.3 Å². The first-order valence-corrected chi connectivity index (χ1v) is 8.68. The van der Waals surface area contributed by atoms with Crippen LogP contribution < -0.4 is 5.73 Å². The first-order valence-electron chi connectivity index (χ1n) is 6.05. The molecule has 1 aliphatic rings. The van der Waals surface area contributed by atoms with Crippen molar-refractivity contribution in [3.63, 3.8) is 0 Å². The smallest absolute Gasteiger partial charge is 0.300 e. The van der Waals surface area contributed by atoms with Crippen LogP contribution in [0.1, 0.15) is 25.7 Å². The highest BCUT2D eigenvalue weighted by Crippen LogP contribution is 2.38. The largest absolute Gasteiger partial charge is 0.315 e. The number of thiophene rings is 1. The minimum absolute atomic E-state index is 0.133. The SMILES string of the molecule is NC1CCCCCN1S(=O)(=O)c1cc([N+](=O)[O-])c(Cl)s1. The zero-order valence-corrected chi connectivity index (χ0v) is 12.9. The number of halogens is 1. The summed E-state index contributed by atoms with van der Waals surface area (Å²) in [6.07, 6.45) is 2.51. The highest BCUT2D eigenvalue weighted by Gasteiger charge is 2.34. The summed E-state index contributed by atoms with van der Waals surface area (Å²) >= 11 is 6.41. The van der Waals surface area contributed by atoms with E-state index in [9.17, 15) is 18.5 Å². The standard InChI is InChI=1S/C10H14ClN3O4S2/c11-10-7(14(15)16)6-9(19-10)20(17,18)13-5-3-1-2-4-8(13)12/h6,8H,1-5,12H2. The van der Waals surface area contributed by atoms with Crippen LogP contribution in [0.15, 0.2) is 10.3 Å². The molecule has 0 saturated carbocycles. The summed E-state index contributed by atoms with van der Waals surface area (Å²) in [5.41, 5.74) is 5.50. The lowest BCUT2D eigenvalue weighted by molar-refractivity contribution is -0.384. The normalized spacial score (nSPS) is 21.6. The summed E-state index contributed by atoms with van der Waals surface area (Å²) < 4.78 is 26.0. The summed E-state index contributed by atoms with van der Waals surface area (Å²) in [6.45, 7) is 0.326. The van der Waals surface area contributed by atoms with Crippen LogP contribution in [0.5, 0.6) is 0 Å². The van der Waals surface area contributed by atoms with Gasteiger partial charge in [0, 0.05) is 12.6 Å². The van der Waals surface area contributed by atoms with Crippen LogP contribution in [0.25, 0.3) is 0 Å². The molecule has 1 atom stereocenters. The van der Waals surface area contributed by atoms with Gasteiger partial charge < -0.3 is 5.73 Å². The lowest BCUT2D eigenvalue weighted by Crippen LogP contribution is -2.44. The van der Waals surface area contributed by atoms with Crippen molar-refractivity contribution in [2.24, 2.45) is 5.73 Å². The third-order valence-electron chi connectivity index (χ3n) is 3.15. The topological polar surface area (TPSA) is 107 Å². The number of hydrogen-bond acceptors (Lipinski definition) is 6. The maximum Gasteiger partial charge on any atom is 0.300 e. The van der Waals surface area contributed by atoms with E-state index in [1.807, 2.05) is 0 Å². The van der Waals surface area contributed by atoms with E-state index >= 15 is 0 Å². The molecule has 1 fully saturated rings. The molecule has 1 saturated heterocycles. The fourth-order valence-corrected chi connectivity index (χ4v) is 5.49. The zero-order chi connectivity index (χ0) is 14.9. The Kier molecular flexibility index (Phi) is 4.65. The lowest BCUT2D eigenvalue weighted by Gasteiger charge is -2.24. The van der Waals surface area contributed by atoms with Gasteiger partial charge >= 0.3 is 0 Å². The molecule has 2 N–H and O–H groups in total. The van der Waals surface area contributed by atoms with Gasteiger partial charge in [-0.05, 0) is 12.8 Å². The van der Waals surface area contributed by atoms with E-state index in [0.29, 0.717) is 24.3 Å². The van der Waals surface area contributed by atoms with Gasteiger partial charge in [0.15, 0.2) is 4.34 Å². The van der Waals surface area contributed by atoms with Crippen molar-refractivity contribution in [1.29, 1.82) is 0 Å². The van der Waals surface area contributed by atoms with Gasteiger partial charge in [-0.3, -0.25) is 10.1 Å². The molecule has 2 rings (SSSR count). The molecule has 0 radical (unpaired) electrons. The molecule has 10 heteroatoms. The molecule has 1 aromatic heterocycles. The highest BCUT2D eigenvalue weighted by atomic mass is 35.5. The molecular formula is C10H14ClN3O4S2. The molecule has 20 heavy (non-hydrogen) atoms. The average Bonchev–Trinajstić information content (AvgIpc) is 2.62. The van der Waals surface area contributed by atoms with Crippen LogP contribution in [0.2, 0.25) is 4.34 Å². The van der Waals surface area contributed by atoms with Crippen LogP contribution in [-0.4, -0.2) is 30.4 Å². The molecule has 112 valence electrons. The summed E-state index contributed by atoms with van der Waals surface area (Å²) in [4.78, 5) is 10.1. The number of nitrogens with zero attached hydrogens (tertiary/aromatic N) is 2. The molecule has 0 aromatic carbocycles. The third-order valence-corrected chi connectivity index (χ3v) is 6.87. The second-order valence-electron chi connectivity index (χ2n) is 4.51. The summed E-state index contributed by atoms with van der Waals surface area (Å²) in [6, 6.07) is 1.000. The number of nitro groups is 1. The van der Waals surface area contributed by atoms with Gasteiger partial charge in [-0.25, -0.2) is 8.42 Å². The molecular weight excluding hydrogens is 326 g/mol. The minimum atomic E-state index is -3.83. The molecule has 1 unspecified atom stereocenters. The quantitative estimate of drug-likeness (QED) is 0.670. The number of hydrogen-bond donors (Lipinski definition) is 1. The highest BCUT2D eigenvalue weighted by molar-refractivity contribution is 7.91. The van der Waals surface area contributed by atoms with Crippen molar-refractivity contribution in [2.75, 3.05) is 6.54 Å². The van der Waals surface area contributed by atoms with Crippen molar-refractivity contribution in [2.45, 2.75) is 36.1 Å². The average molecular weight is 340 g/mol. The van der Waals surface area contributed by atoms with Crippen LogP contribution >= 0.6 is 22.9 Å². The Balaban J connectivity index is 2.38. The van der Waals surface area contributed by atoms with Crippen molar-refractivity contribution in [1.82, 2.24) is 4.31 Å². The molecule has 2 heterocycles. The van der Waals surface area contributed by atoms with Gasteiger partial charge in [0.05, 0.1) is 11.1 Å². The lowest BCUT2D eigenvalue weighted by atomic mass is 10.2. The van der Waals surface area contributed by atoms with E-state index in [2.05, 4.69) is 0 Å². The van der Waals surface area contributed by atoms with Gasteiger partial charge in [-0.15, -0.1) is 11.3 Å². The fraction of sp³-hybridized carbons (Fsp3) is 0.600. The monoisotopic (exact) mass is 339 g/mol. The number of rotatable bonds is 3. The van der Waals surface area contributed by atoms with Gasteiger partial charge in [-0.1, -0.05) is 24.4 Å². The second kappa shape index (κ2) is 5.94. The molecule has 0 bridgehead atoms. The molecule has 0 aliphatic carbocycles. The van der Waals surface area contributed by atoms with Crippen LogP contribution in [0.4, 0.5) is 5.69 Å². The minimum Gasteiger partial charge on any atom is -0.315 e. The first-order chi connectivity index (χ1) is 9.34. The Labute approximate surface area is 125 Å². The molecule has 1 aliphatic heterocycles. The van der Waals surface area contributed by atoms with Gasteiger partial charge in [0.25, 0.3) is 15.7 Å². The van der Waals surface area contributed by atoms with Gasteiger partial charge in [-0.2, -0.15) is 4.31 Å². The van der Waals surface area contributed by atoms with Crippen molar-refractivity contribution in [3.8, 4) is 0 Å². The Morgan fingerprint density at radius 2 is 2.15 bits per heavy atom. The predicted octanol–water partition coefficient (Wildman–Crippen LogP) is 2.16. The van der Waals surface area contributed by atoms with E-state index in [4.69, 9.17) is 17.3 Å². The maximum absolute atomic E-state index is 12.5. The maximum atomic E-state index is 12.5. The van der Waals surface area contributed by atoms with Gasteiger partial charge in [0.2, 0.25) is 0 Å². The summed E-state index contributed by atoms with van der Waals surface area (Å²) in [5.74, 6) is 0.